The summed E-state index contributed by atoms with van der Waals surface area (Å²) in [7, 11) is 0. The Balaban J connectivity index is 2.43. The number of carbonyl (C=O) groups is 3. The lowest BCUT2D eigenvalue weighted by atomic mass is 10.7. The molecule has 11 heteroatoms. The molecule has 0 fully saturated rings. The first-order valence-electron chi connectivity index (χ1n) is 4.65. The number of carboxylic acids is 1. The minimum Gasteiger partial charge on any atom is -0.480 e. The smallest absolute Gasteiger partial charge is 0.325 e. The Morgan fingerprint density at radius 2 is 2.11 bits per heavy atom. The Hall–Kier alpha value is -2.17. The van der Waals surface area contributed by atoms with Gasteiger partial charge in [0.1, 0.15) is 6.54 Å². The fraction of sp³-hybridized carbons (Fsp3) is 0.429. The number of carboxylic acid groups (broad SMARTS) is 1. The minimum absolute atomic E-state index is 0.0553. The van der Waals surface area contributed by atoms with Gasteiger partial charge in [-0.05, 0) is 10.4 Å². The lowest BCUT2D eigenvalue weighted by molar-refractivity contribution is -0.138. The zero-order chi connectivity index (χ0) is 13.5. The Labute approximate surface area is 105 Å². The first-order chi connectivity index (χ1) is 8.49. The number of thioether (sulfide) groups is 1. The Kier molecular flexibility index (Phi) is 5.05. The van der Waals surface area contributed by atoms with Crippen molar-refractivity contribution < 1.29 is 19.5 Å². The van der Waals surface area contributed by atoms with Gasteiger partial charge in [-0.15, -0.1) is 5.10 Å². The van der Waals surface area contributed by atoms with Crippen molar-refractivity contribution in [1.82, 2.24) is 31.1 Å². The van der Waals surface area contributed by atoms with Crippen LogP contribution in [-0.4, -0.2) is 48.9 Å². The predicted octanol–water partition coefficient (Wildman–Crippen LogP) is -1.98. The number of carbonyl (C=O) groups excluding carboxylic acids is 2. The first-order valence-corrected chi connectivity index (χ1v) is 5.63. The van der Waals surface area contributed by atoms with Gasteiger partial charge in [0, 0.05) is 6.92 Å². The fourth-order valence-electron chi connectivity index (χ4n) is 0.851. The van der Waals surface area contributed by atoms with Crippen molar-refractivity contribution in [1.29, 1.82) is 0 Å². The molecule has 1 rings (SSSR count). The molecule has 18 heavy (non-hydrogen) atoms. The normalized spacial score (nSPS) is 9.83. The van der Waals surface area contributed by atoms with Crippen molar-refractivity contribution in [3.63, 3.8) is 0 Å². The van der Waals surface area contributed by atoms with E-state index in [-0.39, 0.29) is 17.5 Å². The van der Waals surface area contributed by atoms with Gasteiger partial charge < -0.3 is 5.11 Å². The van der Waals surface area contributed by atoms with E-state index < -0.39 is 17.8 Å². The number of aromatic nitrogens is 4. The van der Waals surface area contributed by atoms with Gasteiger partial charge in [0.15, 0.2) is 0 Å². The molecule has 98 valence electrons. The first kappa shape index (κ1) is 13.9. The molecule has 0 saturated heterocycles. The molecule has 1 aromatic heterocycles. The van der Waals surface area contributed by atoms with Gasteiger partial charge in [-0.1, -0.05) is 11.8 Å². The van der Waals surface area contributed by atoms with Crippen molar-refractivity contribution in [3.8, 4) is 0 Å². The van der Waals surface area contributed by atoms with Crippen LogP contribution >= 0.6 is 11.8 Å². The molecule has 0 saturated carbocycles. The highest BCUT2D eigenvalue weighted by Gasteiger charge is 2.12. The molecule has 0 aliphatic rings. The van der Waals surface area contributed by atoms with Crippen LogP contribution < -0.4 is 10.9 Å². The number of aliphatic carboxylic acids is 1. The zero-order valence-corrected chi connectivity index (χ0v) is 10.1. The van der Waals surface area contributed by atoms with E-state index in [0.29, 0.717) is 0 Å². The van der Waals surface area contributed by atoms with Crippen molar-refractivity contribution in [3.05, 3.63) is 0 Å². The summed E-state index contributed by atoms with van der Waals surface area (Å²) in [5, 5.41) is 19.1. The summed E-state index contributed by atoms with van der Waals surface area (Å²) in [6, 6.07) is 0. The van der Waals surface area contributed by atoms with Crippen LogP contribution in [0.15, 0.2) is 5.16 Å². The highest BCUT2D eigenvalue weighted by Crippen LogP contribution is 2.12. The maximum atomic E-state index is 11.2. The van der Waals surface area contributed by atoms with E-state index in [0.717, 1.165) is 16.4 Å². The second kappa shape index (κ2) is 6.54. The Bertz CT molecular complexity index is 461. The third kappa shape index (κ3) is 4.78. The molecule has 1 heterocycles. The van der Waals surface area contributed by atoms with Gasteiger partial charge in [-0.3, -0.25) is 25.2 Å². The molecular formula is C7H10N6O4S. The maximum Gasteiger partial charge on any atom is 0.325 e. The average molecular weight is 274 g/mol. The van der Waals surface area contributed by atoms with Gasteiger partial charge in [0.2, 0.25) is 17.0 Å². The van der Waals surface area contributed by atoms with Crippen molar-refractivity contribution in [2.75, 3.05) is 5.75 Å². The van der Waals surface area contributed by atoms with Crippen LogP contribution in [0.3, 0.4) is 0 Å². The Morgan fingerprint density at radius 1 is 1.39 bits per heavy atom. The molecule has 0 bridgehead atoms. The number of nitrogens with one attached hydrogen (secondary N) is 2. The number of rotatable bonds is 5. The van der Waals surface area contributed by atoms with Crippen molar-refractivity contribution in [2.45, 2.75) is 18.6 Å². The summed E-state index contributed by atoms with van der Waals surface area (Å²) in [6.07, 6.45) is 0. The van der Waals surface area contributed by atoms with E-state index in [9.17, 15) is 14.4 Å². The van der Waals surface area contributed by atoms with Crippen LogP contribution in [0.4, 0.5) is 0 Å². The molecule has 1 aromatic rings. The van der Waals surface area contributed by atoms with Gasteiger partial charge in [0.05, 0.1) is 5.75 Å². The summed E-state index contributed by atoms with van der Waals surface area (Å²) in [5.74, 6) is -2.00. The van der Waals surface area contributed by atoms with E-state index in [4.69, 9.17) is 5.11 Å². The van der Waals surface area contributed by atoms with Crippen LogP contribution in [0.2, 0.25) is 0 Å². The van der Waals surface area contributed by atoms with Crippen LogP contribution in [-0.2, 0) is 20.9 Å². The van der Waals surface area contributed by atoms with Gasteiger partial charge >= 0.3 is 5.97 Å². The largest absolute Gasteiger partial charge is 0.480 e. The van der Waals surface area contributed by atoms with E-state index in [2.05, 4.69) is 26.4 Å². The quantitative estimate of drug-likeness (QED) is 0.414. The molecule has 0 aromatic carbocycles. The lowest BCUT2D eigenvalue weighted by Crippen LogP contribution is -2.41. The summed E-state index contributed by atoms with van der Waals surface area (Å²) in [5.41, 5.74) is 4.27. The van der Waals surface area contributed by atoms with E-state index >= 15 is 0 Å². The molecule has 0 radical (unpaired) electrons. The number of nitrogens with zero attached hydrogens (tertiary/aromatic N) is 4. The molecule has 0 aliphatic carbocycles. The predicted molar refractivity (Wildman–Crippen MR) is 58.1 cm³/mol. The average Bonchev–Trinajstić information content (AvgIpc) is 2.70. The van der Waals surface area contributed by atoms with E-state index in [1.165, 1.54) is 6.92 Å². The molecule has 0 atom stereocenters. The molecule has 3 N–H and O–H groups in total. The fourth-order valence-corrected chi connectivity index (χ4v) is 1.53. The summed E-state index contributed by atoms with van der Waals surface area (Å²) >= 11 is 0.956. The molecule has 10 nitrogen and oxygen atoms in total. The summed E-state index contributed by atoms with van der Waals surface area (Å²) in [6.45, 7) is 0.865. The van der Waals surface area contributed by atoms with Crippen LogP contribution in [0.1, 0.15) is 6.92 Å². The van der Waals surface area contributed by atoms with Crippen molar-refractivity contribution >= 4 is 29.5 Å². The minimum atomic E-state index is -1.09. The number of amides is 2. The topological polar surface area (TPSA) is 139 Å². The second-order valence-electron chi connectivity index (χ2n) is 3.03. The molecule has 0 aliphatic heterocycles. The molecule has 2 amide bonds. The molecular weight excluding hydrogens is 264 g/mol. The summed E-state index contributed by atoms with van der Waals surface area (Å²) < 4.78 is 1.05. The maximum absolute atomic E-state index is 11.2. The zero-order valence-electron chi connectivity index (χ0n) is 9.28. The van der Waals surface area contributed by atoms with Crippen LogP contribution in [0, 0.1) is 0 Å². The standard InChI is InChI=1S/C7H10N6O4S/c1-4(14)8-9-5(15)3-18-7-10-11-12-13(7)2-6(16)17/h2-3H2,1H3,(H,8,14)(H,9,15)(H,16,17). The highest BCUT2D eigenvalue weighted by atomic mass is 32.2. The van der Waals surface area contributed by atoms with Gasteiger partial charge in [-0.25, -0.2) is 4.68 Å². The Morgan fingerprint density at radius 3 is 2.72 bits per heavy atom. The van der Waals surface area contributed by atoms with E-state index in [1.807, 2.05) is 0 Å². The molecule has 0 unspecified atom stereocenters. The number of hydrogen-bond acceptors (Lipinski definition) is 7. The number of hydrazine groups is 1. The van der Waals surface area contributed by atoms with Gasteiger partial charge in [-0.2, -0.15) is 0 Å². The monoisotopic (exact) mass is 274 g/mol. The van der Waals surface area contributed by atoms with E-state index in [1.54, 1.807) is 0 Å². The third-order valence-corrected chi connectivity index (χ3v) is 2.45. The number of tetrazole rings is 1. The third-order valence-electron chi connectivity index (χ3n) is 1.49. The molecule has 0 spiro atoms. The highest BCUT2D eigenvalue weighted by molar-refractivity contribution is 7.99. The number of hydrogen-bond donors (Lipinski definition) is 3. The van der Waals surface area contributed by atoms with Crippen molar-refractivity contribution in [2.24, 2.45) is 0 Å². The lowest BCUT2D eigenvalue weighted by Gasteiger charge is -2.04. The summed E-state index contributed by atoms with van der Waals surface area (Å²) in [4.78, 5) is 32.2. The van der Waals surface area contributed by atoms with Crippen LogP contribution in [0.5, 0.6) is 0 Å². The van der Waals surface area contributed by atoms with Gasteiger partial charge in [0.25, 0.3) is 0 Å². The second-order valence-corrected chi connectivity index (χ2v) is 3.97. The SMILES string of the molecule is CC(=O)NNC(=O)CSc1nnnn1CC(=O)O. The van der Waals surface area contributed by atoms with Crippen LogP contribution in [0.25, 0.3) is 0 Å².